The van der Waals surface area contributed by atoms with Gasteiger partial charge in [-0.3, -0.25) is 4.68 Å². The van der Waals surface area contributed by atoms with Gasteiger partial charge in [0.05, 0.1) is 24.4 Å². The van der Waals surface area contributed by atoms with Crippen LogP contribution in [0.2, 0.25) is 0 Å². The Labute approximate surface area is 141 Å². The zero-order chi connectivity index (χ0) is 17.0. The Morgan fingerprint density at radius 2 is 1.75 bits per heavy atom. The van der Waals surface area contributed by atoms with Gasteiger partial charge in [0.25, 0.3) is 0 Å². The van der Waals surface area contributed by atoms with Crippen molar-refractivity contribution in [1.29, 1.82) is 0 Å². The molecule has 24 heavy (non-hydrogen) atoms. The minimum Gasteiger partial charge on any atom is -0.380 e. The van der Waals surface area contributed by atoms with Gasteiger partial charge < -0.3 is 4.74 Å². The molecule has 0 saturated carbocycles. The molecule has 3 rings (SSSR count). The second-order valence-electron chi connectivity index (χ2n) is 5.49. The molecular formula is C18H20N2O3S. The van der Waals surface area contributed by atoms with Gasteiger partial charge in [0.15, 0.2) is 5.03 Å². The highest BCUT2D eigenvalue weighted by molar-refractivity contribution is 7.90. The van der Waals surface area contributed by atoms with Crippen molar-refractivity contribution in [2.45, 2.75) is 24.2 Å². The van der Waals surface area contributed by atoms with Gasteiger partial charge in [0, 0.05) is 12.0 Å². The highest BCUT2D eigenvalue weighted by Gasteiger charge is 2.23. The van der Waals surface area contributed by atoms with Crippen LogP contribution in [-0.2, 0) is 26.9 Å². The highest BCUT2D eigenvalue weighted by Crippen LogP contribution is 2.25. The van der Waals surface area contributed by atoms with Crippen LogP contribution in [0, 0.1) is 0 Å². The zero-order valence-corrected chi connectivity index (χ0v) is 14.4. The molecule has 0 bridgehead atoms. The fraction of sp³-hybridized carbons (Fsp3) is 0.278. The Balaban J connectivity index is 1.99. The van der Waals surface area contributed by atoms with Crippen LogP contribution in [-0.4, -0.2) is 31.4 Å². The van der Waals surface area contributed by atoms with Gasteiger partial charge in [-0.1, -0.05) is 42.5 Å². The fourth-order valence-electron chi connectivity index (χ4n) is 2.65. The first kappa shape index (κ1) is 16.7. The second-order valence-corrected chi connectivity index (χ2v) is 7.39. The topological polar surface area (TPSA) is 61.2 Å². The Morgan fingerprint density at radius 1 is 1.04 bits per heavy atom. The molecule has 1 aromatic heterocycles. The number of hydrogen-bond acceptors (Lipinski definition) is 4. The third kappa shape index (κ3) is 3.49. The normalized spacial score (nSPS) is 11.9. The summed E-state index contributed by atoms with van der Waals surface area (Å²) in [6.07, 6.45) is 0. The lowest BCUT2D eigenvalue weighted by Gasteiger charge is -2.03. The lowest BCUT2D eigenvalue weighted by molar-refractivity contribution is 0.137. The summed E-state index contributed by atoms with van der Waals surface area (Å²) in [5, 5.41) is 5.17. The summed E-state index contributed by atoms with van der Waals surface area (Å²) >= 11 is 0. The second kappa shape index (κ2) is 7.15. The van der Waals surface area contributed by atoms with Gasteiger partial charge in [0.1, 0.15) is 0 Å². The first-order chi connectivity index (χ1) is 11.6. The van der Waals surface area contributed by atoms with Gasteiger partial charge >= 0.3 is 0 Å². The molecule has 0 aliphatic carbocycles. The van der Waals surface area contributed by atoms with E-state index >= 15 is 0 Å². The van der Waals surface area contributed by atoms with Crippen molar-refractivity contribution in [2.75, 3.05) is 13.2 Å². The summed E-state index contributed by atoms with van der Waals surface area (Å²) < 4.78 is 32.8. The minimum atomic E-state index is -3.52. The minimum absolute atomic E-state index is 0.0553. The van der Waals surface area contributed by atoms with Crippen LogP contribution >= 0.6 is 0 Å². The predicted octanol–water partition coefficient (Wildman–Crippen LogP) is 3.05. The van der Waals surface area contributed by atoms with Crippen LogP contribution in [0.5, 0.6) is 0 Å². The van der Waals surface area contributed by atoms with Crippen molar-refractivity contribution in [3.8, 4) is 0 Å². The van der Waals surface area contributed by atoms with E-state index in [9.17, 15) is 8.42 Å². The van der Waals surface area contributed by atoms with Gasteiger partial charge in [0.2, 0.25) is 9.84 Å². The molecule has 3 aromatic rings. The molecule has 6 heteroatoms. The van der Waals surface area contributed by atoms with Crippen LogP contribution < -0.4 is 0 Å². The molecule has 0 spiro atoms. The lowest BCUT2D eigenvalue weighted by Crippen LogP contribution is -2.10. The van der Waals surface area contributed by atoms with Crippen LogP contribution in [0.25, 0.3) is 10.9 Å². The van der Waals surface area contributed by atoms with Gasteiger partial charge in [-0.05, 0) is 24.6 Å². The third-order valence-electron chi connectivity index (χ3n) is 3.77. The average Bonchev–Trinajstić information content (AvgIpc) is 2.96. The first-order valence-corrected chi connectivity index (χ1v) is 9.57. The molecule has 126 valence electrons. The third-order valence-corrected chi connectivity index (χ3v) is 5.37. The van der Waals surface area contributed by atoms with E-state index in [0.29, 0.717) is 25.1 Å². The molecule has 0 amide bonds. The molecule has 0 atom stereocenters. The number of rotatable bonds is 7. The van der Waals surface area contributed by atoms with Crippen LogP contribution in [0.15, 0.2) is 59.6 Å². The summed E-state index contributed by atoms with van der Waals surface area (Å²) in [7, 11) is -3.52. The number of benzene rings is 2. The van der Waals surface area contributed by atoms with E-state index in [1.165, 1.54) is 0 Å². The maximum absolute atomic E-state index is 12.9. The molecule has 2 aromatic carbocycles. The van der Waals surface area contributed by atoms with E-state index in [0.717, 1.165) is 11.1 Å². The van der Waals surface area contributed by atoms with Crippen molar-refractivity contribution in [3.05, 3.63) is 60.2 Å². The molecule has 5 nitrogen and oxygen atoms in total. The highest BCUT2D eigenvalue weighted by atomic mass is 32.2. The largest absolute Gasteiger partial charge is 0.380 e. The van der Waals surface area contributed by atoms with Crippen LogP contribution in [0.1, 0.15) is 12.5 Å². The maximum Gasteiger partial charge on any atom is 0.202 e. The number of fused-ring (bicyclic) bond motifs is 1. The van der Waals surface area contributed by atoms with Crippen molar-refractivity contribution >= 4 is 20.7 Å². The summed E-state index contributed by atoms with van der Waals surface area (Å²) in [6.45, 7) is 3.57. The summed E-state index contributed by atoms with van der Waals surface area (Å²) in [6, 6.07) is 16.6. The monoisotopic (exact) mass is 344 g/mol. The van der Waals surface area contributed by atoms with E-state index in [4.69, 9.17) is 4.74 Å². The quantitative estimate of drug-likeness (QED) is 0.618. The molecule has 0 aliphatic rings. The average molecular weight is 344 g/mol. The van der Waals surface area contributed by atoms with E-state index in [1.54, 1.807) is 10.7 Å². The Morgan fingerprint density at radius 3 is 2.50 bits per heavy atom. The summed E-state index contributed by atoms with van der Waals surface area (Å²) in [4.78, 5) is 0. The van der Waals surface area contributed by atoms with Crippen LogP contribution in [0.4, 0.5) is 0 Å². The fourth-order valence-corrected chi connectivity index (χ4v) is 4.15. The molecule has 0 fully saturated rings. The summed E-state index contributed by atoms with van der Waals surface area (Å²) in [5.41, 5.74) is 1.56. The number of sulfone groups is 1. The van der Waals surface area contributed by atoms with Crippen LogP contribution in [0.3, 0.4) is 0 Å². The van der Waals surface area contributed by atoms with Gasteiger partial charge in [-0.15, -0.1) is 0 Å². The molecule has 0 radical (unpaired) electrons. The van der Waals surface area contributed by atoms with E-state index < -0.39 is 9.84 Å². The number of ether oxygens (including phenoxy) is 1. The van der Waals surface area contributed by atoms with E-state index in [1.807, 2.05) is 55.5 Å². The number of para-hydroxylation sites is 1. The van der Waals surface area contributed by atoms with Crippen molar-refractivity contribution < 1.29 is 13.2 Å². The predicted molar refractivity (Wildman–Crippen MR) is 93.6 cm³/mol. The van der Waals surface area contributed by atoms with Crippen molar-refractivity contribution in [1.82, 2.24) is 9.78 Å². The number of aromatic nitrogens is 2. The molecule has 1 heterocycles. The van der Waals surface area contributed by atoms with E-state index in [-0.39, 0.29) is 10.8 Å². The molecule has 0 N–H and O–H groups in total. The SMILES string of the molecule is CCOCCn1nc(S(=O)(=O)Cc2ccccc2)c2ccccc21. The van der Waals surface area contributed by atoms with Gasteiger partial charge in [-0.25, -0.2) is 8.42 Å². The smallest absolute Gasteiger partial charge is 0.202 e. The molecular weight excluding hydrogens is 324 g/mol. The summed E-state index contributed by atoms with van der Waals surface area (Å²) in [5.74, 6) is -0.0553. The Bertz CT molecular complexity index is 918. The zero-order valence-electron chi connectivity index (χ0n) is 13.6. The van der Waals surface area contributed by atoms with Crippen molar-refractivity contribution in [3.63, 3.8) is 0 Å². The molecule has 0 saturated heterocycles. The Hall–Kier alpha value is -2.18. The molecule has 0 unspecified atom stereocenters. The number of nitrogens with zero attached hydrogens (tertiary/aromatic N) is 2. The lowest BCUT2D eigenvalue weighted by atomic mass is 10.2. The van der Waals surface area contributed by atoms with E-state index in [2.05, 4.69) is 5.10 Å². The standard InChI is InChI=1S/C18H20N2O3S/c1-2-23-13-12-20-17-11-7-6-10-16(17)18(19-20)24(21,22)14-15-8-4-3-5-9-15/h3-11H,2,12-14H2,1H3. The molecule has 0 aliphatic heterocycles. The van der Waals surface area contributed by atoms with Gasteiger partial charge in [-0.2, -0.15) is 5.10 Å². The Kier molecular flexibility index (Phi) is 4.97. The maximum atomic E-state index is 12.9. The first-order valence-electron chi connectivity index (χ1n) is 7.92. The van der Waals surface area contributed by atoms with Crippen molar-refractivity contribution in [2.24, 2.45) is 0 Å². The number of hydrogen-bond donors (Lipinski definition) is 0.